The van der Waals surface area contributed by atoms with E-state index in [1.807, 2.05) is 18.2 Å². The number of amides is 2. The molecule has 2 rings (SSSR count). The predicted molar refractivity (Wildman–Crippen MR) is 59.0 cm³/mol. The molecule has 2 amide bonds. The summed E-state index contributed by atoms with van der Waals surface area (Å²) in [5.74, 6) is -1.90. The van der Waals surface area contributed by atoms with Gasteiger partial charge in [-0.05, 0) is 12.0 Å². The van der Waals surface area contributed by atoms with Crippen LogP contribution in [0.1, 0.15) is 25.7 Å². The van der Waals surface area contributed by atoms with Crippen LogP contribution in [0.3, 0.4) is 0 Å². The molecule has 90 valence electrons. The molecule has 2 aliphatic rings. The minimum Gasteiger partial charge on any atom is -0.480 e. The number of aliphatic carboxylic acids is 1. The predicted octanol–water partition coefficient (Wildman–Crippen LogP) is 0.865. The van der Waals surface area contributed by atoms with Crippen LogP contribution >= 0.6 is 0 Å². The van der Waals surface area contributed by atoms with Crippen molar-refractivity contribution in [1.82, 2.24) is 4.90 Å². The van der Waals surface area contributed by atoms with E-state index in [1.54, 1.807) is 0 Å². The third-order valence-electron chi connectivity index (χ3n) is 2.96. The fourth-order valence-electron chi connectivity index (χ4n) is 2.11. The van der Waals surface area contributed by atoms with Gasteiger partial charge < -0.3 is 5.11 Å². The minimum atomic E-state index is -1.13. The Kier molecular flexibility index (Phi) is 3.08. The lowest BCUT2D eigenvalue weighted by atomic mass is 10.1. The second kappa shape index (κ2) is 4.53. The summed E-state index contributed by atoms with van der Waals surface area (Å²) in [6, 6.07) is -1.06. The van der Waals surface area contributed by atoms with E-state index in [1.165, 1.54) is 0 Å². The van der Waals surface area contributed by atoms with Gasteiger partial charge in [0.1, 0.15) is 6.04 Å². The van der Waals surface area contributed by atoms with E-state index in [-0.39, 0.29) is 31.1 Å². The minimum absolute atomic E-state index is 0.123. The van der Waals surface area contributed by atoms with Crippen molar-refractivity contribution in [3.8, 4) is 0 Å². The van der Waals surface area contributed by atoms with Gasteiger partial charge in [0.2, 0.25) is 11.8 Å². The van der Waals surface area contributed by atoms with Crippen LogP contribution in [0.15, 0.2) is 23.8 Å². The highest BCUT2D eigenvalue weighted by Gasteiger charge is 2.38. The van der Waals surface area contributed by atoms with Crippen molar-refractivity contribution >= 4 is 17.8 Å². The van der Waals surface area contributed by atoms with Crippen LogP contribution in [0.25, 0.3) is 0 Å². The maximum atomic E-state index is 11.5. The number of likely N-dealkylation sites (tertiary alicyclic amines) is 1. The quantitative estimate of drug-likeness (QED) is 0.733. The smallest absolute Gasteiger partial charge is 0.327 e. The number of carboxylic acid groups (broad SMARTS) is 1. The van der Waals surface area contributed by atoms with E-state index >= 15 is 0 Å². The van der Waals surface area contributed by atoms with Crippen LogP contribution in [-0.4, -0.2) is 33.8 Å². The molecule has 1 atom stereocenters. The summed E-state index contributed by atoms with van der Waals surface area (Å²) in [6.07, 6.45) is 6.88. The van der Waals surface area contributed by atoms with Gasteiger partial charge in [0.15, 0.2) is 0 Å². The van der Waals surface area contributed by atoms with E-state index in [0.29, 0.717) is 0 Å². The Bertz CT molecular complexity index is 420. The van der Waals surface area contributed by atoms with Gasteiger partial charge >= 0.3 is 5.97 Å². The summed E-state index contributed by atoms with van der Waals surface area (Å²) in [5.41, 5.74) is 0.866. The summed E-state index contributed by atoms with van der Waals surface area (Å²) in [4.78, 5) is 35.1. The van der Waals surface area contributed by atoms with Crippen LogP contribution in [0, 0.1) is 0 Å². The molecule has 0 saturated carbocycles. The zero-order chi connectivity index (χ0) is 12.4. The lowest BCUT2D eigenvalue weighted by molar-refractivity contribution is -0.154. The van der Waals surface area contributed by atoms with Crippen LogP contribution in [-0.2, 0) is 14.4 Å². The zero-order valence-electron chi connectivity index (χ0n) is 9.26. The van der Waals surface area contributed by atoms with Gasteiger partial charge in [-0.1, -0.05) is 18.2 Å². The molecule has 0 aromatic carbocycles. The van der Waals surface area contributed by atoms with Crippen molar-refractivity contribution in [2.45, 2.75) is 31.7 Å². The number of hydrogen-bond donors (Lipinski definition) is 1. The number of imide groups is 1. The van der Waals surface area contributed by atoms with E-state index in [9.17, 15) is 14.4 Å². The molecule has 1 N–H and O–H groups in total. The Morgan fingerprint density at radius 2 is 2.00 bits per heavy atom. The topological polar surface area (TPSA) is 74.7 Å². The third-order valence-corrected chi connectivity index (χ3v) is 2.96. The van der Waals surface area contributed by atoms with Gasteiger partial charge in [0, 0.05) is 19.3 Å². The van der Waals surface area contributed by atoms with E-state index in [0.717, 1.165) is 16.9 Å². The average molecular weight is 235 g/mol. The first-order valence-electron chi connectivity index (χ1n) is 5.53. The molecule has 1 saturated heterocycles. The highest BCUT2D eigenvalue weighted by atomic mass is 16.4. The third kappa shape index (κ3) is 2.27. The number of nitrogens with zero attached hydrogens (tertiary/aromatic N) is 1. The van der Waals surface area contributed by atoms with Crippen LogP contribution in [0.5, 0.6) is 0 Å². The Morgan fingerprint density at radius 1 is 1.35 bits per heavy atom. The molecule has 5 heteroatoms. The summed E-state index contributed by atoms with van der Waals surface area (Å²) >= 11 is 0. The Balaban J connectivity index is 2.16. The molecule has 0 bridgehead atoms. The maximum absolute atomic E-state index is 11.5. The molecule has 0 aromatic rings. The van der Waals surface area contributed by atoms with Crippen molar-refractivity contribution in [3.05, 3.63) is 23.8 Å². The van der Waals surface area contributed by atoms with Gasteiger partial charge in [-0.2, -0.15) is 0 Å². The number of carbonyl (C=O) groups is 3. The van der Waals surface area contributed by atoms with Crippen LogP contribution in [0.4, 0.5) is 0 Å². The molecule has 5 nitrogen and oxygen atoms in total. The molecule has 1 fully saturated rings. The molecule has 17 heavy (non-hydrogen) atoms. The van der Waals surface area contributed by atoms with Gasteiger partial charge in [0.25, 0.3) is 0 Å². The second-order valence-corrected chi connectivity index (χ2v) is 4.13. The number of carboxylic acids is 1. The van der Waals surface area contributed by atoms with Gasteiger partial charge in [0.05, 0.1) is 0 Å². The molecular formula is C12H13NO4. The monoisotopic (exact) mass is 235 g/mol. The maximum Gasteiger partial charge on any atom is 0.327 e. The van der Waals surface area contributed by atoms with Crippen molar-refractivity contribution in [1.29, 1.82) is 0 Å². The highest BCUT2D eigenvalue weighted by Crippen LogP contribution is 2.23. The van der Waals surface area contributed by atoms with Gasteiger partial charge in [-0.25, -0.2) is 4.79 Å². The molecule has 1 aliphatic heterocycles. The summed E-state index contributed by atoms with van der Waals surface area (Å²) in [6.45, 7) is 0. The van der Waals surface area contributed by atoms with Crippen LogP contribution in [0.2, 0.25) is 0 Å². The fraction of sp³-hybridized carbons (Fsp3) is 0.417. The molecule has 1 heterocycles. The first-order valence-corrected chi connectivity index (χ1v) is 5.53. The number of hydrogen-bond acceptors (Lipinski definition) is 3. The average Bonchev–Trinajstić information content (AvgIpc) is 2.87. The molecule has 1 unspecified atom stereocenters. The van der Waals surface area contributed by atoms with E-state index in [2.05, 4.69) is 0 Å². The van der Waals surface area contributed by atoms with Crippen molar-refractivity contribution < 1.29 is 19.5 Å². The molecule has 0 spiro atoms. The molecule has 1 aliphatic carbocycles. The Hall–Kier alpha value is -1.91. The van der Waals surface area contributed by atoms with E-state index < -0.39 is 12.0 Å². The summed E-state index contributed by atoms with van der Waals surface area (Å²) in [5, 5.41) is 9.13. The second-order valence-electron chi connectivity index (χ2n) is 4.13. The lowest BCUT2D eigenvalue weighted by Crippen LogP contribution is -2.44. The normalized spacial score (nSPS) is 20.9. The van der Waals surface area contributed by atoms with Gasteiger partial charge in [-0.15, -0.1) is 0 Å². The first-order chi connectivity index (χ1) is 8.09. The van der Waals surface area contributed by atoms with Crippen molar-refractivity contribution in [3.63, 3.8) is 0 Å². The SMILES string of the molecule is O=C(O)C(CC1=CCC=C1)N1C(=O)CCC1=O. The Labute approximate surface area is 98.4 Å². The Morgan fingerprint density at radius 3 is 2.47 bits per heavy atom. The number of carbonyl (C=O) groups excluding carboxylic acids is 2. The number of rotatable bonds is 4. The fourth-order valence-corrected chi connectivity index (χ4v) is 2.11. The largest absolute Gasteiger partial charge is 0.480 e. The first kappa shape index (κ1) is 11.6. The van der Waals surface area contributed by atoms with E-state index in [4.69, 9.17) is 5.11 Å². The zero-order valence-corrected chi connectivity index (χ0v) is 9.26. The van der Waals surface area contributed by atoms with Gasteiger partial charge in [-0.3, -0.25) is 14.5 Å². The molecular weight excluding hydrogens is 222 g/mol. The number of allylic oxidation sites excluding steroid dienone is 3. The standard InChI is InChI=1S/C12H13NO4/c14-10-5-6-11(15)13(10)9(12(16)17)7-8-3-1-2-4-8/h1,3-4,9H,2,5-7H2,(H,16,17). The molecule has 0 aromatic heterocycles. The lowest BCUT2D eigenvalue weighted by Gasteiger charge is -2.22. The highest BCUT2D eigenvalue weighted by molar-refractivity contribution is 6.04. The van der Waals surface area contributed by atoms with Crippen molar-refractivity contribution in [2.24, 2.45) is 0 Å². The summed E-state index contributed by atoms with van der Waals surface area (Å²) < 4.78 is 0. The van der Waals surface area contributed by atoms with Crippen LogP contribution < -0.4 is 0 Å². The summed E-state index contributed by atoms with van der Waals surface area (Å²) in [7, 11) is 0. The van der Waals surface area contributed by atoms with Crippen molar-refractivity contribution in [2.75, 3.05) is 0 Å². The molecule has 0 radical (unpaired) electrons.